The minimum atomic E-state index is 0.298. The number of ether oxygens (including phenoxy) is 1. The van der Waals surface area contributed by atoms with Crippen LogP contribution in [0.15, 0.2) is 89.4 Å². The van der Waals surface area contributed by atoms with Gasteiger partial charge in [0, 0.05) is 35.3 Å². The molecule has 0 saturated heterocycles. The maximum Gasteiger partial charge on any atom is 0.128 e. The minimum Gasteiger partial charge on any atom is -0.463 e. The van der Waals surface area contributed by atoms with Crippen LogP contribution < -0.4 is 4.74 Å². The van der Waals surface area contributed by atoms with Gasteiger partial charge in [-0.1, -0.05) is 62.1 Å². The average Bonchev–Trinajstić information content (AvgIpc) is 2.80. The molecule has 1 aliphatic heterocycles. The van der Waals surface area contributed by atoms with E-state index in [1.54, 1.807) is 25.1 Å². The van der Waals surface area contributed by atoms with E-state index in [4.69, 9.17) is 28.6 Å². The summed E-state index contributed by atoms with van der Waals surface area (Å²) >= 11 is 11.3. The summed E-state index contributed by atoms with van der Waals surface area (Å²) in [5.74, 6) is 2.32. The van der Waals surface area contributed by atoms with Crippen molar-refractivity contribution in [2.24, 2.45) is 0 Å². The lowest BCUT2D eigenvalue weighted by Crippen LogP contribution is -2.38. The third-order valence-electron chi connectivity index (χ3n) is 4.93. The van der Waals surface area contributed by atoms with Crippen LogP contribution in [0.5, 0.6) is 5.75 Å². The van der Waals surface area contributed by atoms with Gasteiger partial charge in [-0.25, -0.2) is 0 Å². The summed E-state index contributed by atoms with van der Waals surface area (Å²) in [5.41, 5.74) is 3.52. The smallest absolute Gasteiger partial charge is 0.128 e. The molecule has 0 spiro atoms. The fourth-order valence-electron chi connectivity index (χ4n) is 2.74. The van der Waals surface area contributed by atoms with Crippen molar-refractivity contribution < 1.29 is 8.62 Å². The summed E-state index contributed by atoms with van der Waals surface area (Å²) in [7, 11) is 3.94. The van der Waals surface area contributed by atoms with E-state index in [2.05, 4.69) is 27.0 Å². The van der Waals surface area contributed by atoms with Gasteiger partial charge < -0.3 is 14.5 Å². The van der Waals surface area contributed by atoms with E-state index in [0.717, 1.165) is 28.6 Å². The monoisotopic (exact) mass is 506 g/mol. The summed E-state index contributed by atoms with van der Waals surface area (Å²) < 4.78 is 17.2. The first-order valence-electron chi connectivity index (χ1n) is 10.4. The molecule has 0 amide bonds. The van der Waals surface area contributed by atoms with Gasteiger partial charge in [0.05, 0.1) is 17.9 Å². The fourth-order valence-corrected chi connectivity index (χ4v) is 3.50. The number of hydrogen-bond donors (Lipinski definition) is 0. The van der Waals surface area contributed by atoms with Crippen molar-refractivity contribution in [2.75, 3.05) is 14.1 Å². The molecule has 1 heterocycles. The second kappa shape index (κ2) is 14.1. The summed E-state index contributed by atoms with van der Waals surface area (Å²) in [4.78, 5) is 5.54. The van der Waals surface area contributed by atoms with Crippen LogP contribution in [0.25, 0.3) is 0 Å². The van der Waals surface area contributed by atoms with Crippen molar-refractivity contribution in [1.29, 1.82) is 0 Å². The molecular weight excluding hydrogens is 475 g/mol. The van der Waals surface area contributed by atoms with Crippen LogP contribution >= 0.6 is 36.0 Å². The van der Waals surface area contributed by atoms with E-state index < -0.39 is 0 Å². The number of thiocarbonyl (C=S) groups is 1. The van der Waals surface area contributed by atoms with Gasteiger partial charge in [-0.2, -0.15) is 3.89 Å². The summed E-state index contributed by atoms with van der Waals surface area (Å²) in [6, 6.07) is 14.7. The Labute approximate surface area is 212 Å². The predicted molar refractivity (Wildman–Crippen MR) is 145 cm³/mol. The lowest BCUT2D eigenvalue weighted by molar-refractivity contribution is 0.385. The molecule has 0 fully saturated rings. The maximum atomic E-state index is 12.0. The third kappa shape index (κ3) is 9.24. The molecule has 3 nitrogen and oxygen atoms in total. The predicted octanol–water partition coefficient (Wildman–Crippen LogP) is 8.43. The van der Waals surface area contributed by atoms with Crippen LogP contribution in [0.2, 0.25) is 5.02 Å². The zero-order valence-electron chi connectivity index (χ0n) is 20.1. The molecule has 33 heavy (non-hydrogen) atoms. The van der Waals surface area contributed by atoms with E-state index in [1.807, 2.05) is 61.2 Å². The van der Waals surface area contributed by atoms with Gasteiger partial charge in [-0.05, 0) is 63.1 Å². The third-order valence-corrected chi connectivity index (χ3v) is 6.18. The quantitative estimate of drug-likeness (QED) is 0.304. The molecule has 0 N–H and O–H groups in total. The van der Waals surface area contributed by atoms with Gasteiger partial charge in [-0.3, -0.25) is 0 Å². The van der Waals surface area contributed by atoms with Crippen molar-refractivity contribution in [3.8, 4) is 5.75 Å². The van der Waals surface area contributed by atoms with Gasteiger partial charge in [-0.15, -0.1) is 0 Å². The Morgan fingerprint density at radius 2 is 1.76 bits per heavy atom. The van der Waals surface area contributed by atoms with E-state index in [0.29, 0.717) is 27.8 Å². The molecule has 0 saturated carbocycles. The highest BCUT2D eigenvalue weighted by atomic mass is 35.5. The minimum absolute atomic E-state index is 0.298. The van der Waals surface area contributed by atoms with Crippen LogP contribution in [0, 0.1) is 0 Å². The van der Waals surface area contributed by atoms with Gasteiger partial charge in [0.25, 0.3) is 0 Å². The molecule has 0 atom stereocenters. The lowest BCUT2D eigenvalue weighted by atomic mass is 10.1. The first-order valence-corrected chi connectivity index (χ1v) is 11.9. The molecular formula is C26H32ClFN2OS2. The molecule has 0 bridgehead atoms. The number of nitrogens with zero attached hydrogens (tertiary/aromatic N) is 2. The largest absolute Gasteiger partial charge is 0.463 e. The molecule has 3 rings (SSSR count). The number of allylic oxidation sites excluding steroid dienone is 2. The maximum absolute atomic E-state index is 12.0. The Hall–Kier alpha value is -2.28. The standard InChI is InChI=1S/C9H9ClO.C9H14N2S.C8H9FS/c1-7(2)11-9-5-3-4-8(10)6-9;1-6-7(2)10(4)8(3)11(5)9(6)12;1-2-7-4-3-5-8(6-7)10-9/h3-6H,1H2,2H3;3H2,1-2,4-5H3;3-6H,2H2,1H3. The Morgan fingerprint density at radius 1 is 1.12 bits per heavy atom. The summed E-state index contributed by atoms with van der Waals surface area (Å²) in [6.07, 6.45) is 0.967. The highest BCUT2D eigenvalue weighted by Gasteiger charge is 2.22. The van der Waals surface area contributed by atoms with Crippen molar-refractivity contribution in [3.05, 3.63) is 95.1 Å². The molecule has 7 heteroatoms. The second-order valence-electron chi connectivity index (χ2n) is 7.39. The molecule has 1 aliphatic rings. The van der Waals surface area contributed by atoms with E-state index in [9.17, 15) is 3.89 Å². The van der Waals surface area contributed by atoms with E-state index in [1.165, 1.54) is 11.3 Å². The molecule has 0 aromatic heterocycles. The molecule has 0 unspecified atom stereocenters. The topological polar surface area (TPSA) is 15.7 Å². The van der Waals surface area contributed by atoms with Crippen LogP contribution in [-0.2, 0) is 6.42 Å². The van der Waals surface area contributed by atoms with Crippen LogP contribution in [0.4, 0.5) is 3.89 Å². The highest BCUT2D eigenvalue weighted by molar-refractivity contribution is 7.94. The summed E-state index contributed by atoms with van der Waals surface area (Å²) in [5, 5.41) is 0.670. The van der Waals surface area contributed by atoms with Crippen molar-refractivity contribution in [2.45, 2.75) is 39.0 Å². The number of halogens is 2. The molecule has 2 aromatic carbocycles. The molecule has 2 aromatic rings. The fraction of sp³-hybridized carbons (Fsp3) is 0.269. The van der Waals surface area contributed by atoms with Crippen molar-refractivity contribution in [3.63, 3.8) is 0 Å². The number of hydrogen-bond acceptors (Lipinski definition) is 4. The first kappa shape index (κ1) is 28.8. The number of rotatable bonds is 4. The normalized spacial score (nSPS) is 13.1. The Bertz CT molecular complexity index is 1000. The first-order chi connectivity index (χ1) is 15.5. The van der Waals surface area contributed by atoms with Crippen LogP contribution in [0.1, 0.15) is 33.3 Å². The van der Waals surface area contributed by atoms with Crippen LogP contribution in [-0.4, -0.2) is 28.9 Å². The summed E-state index contributed by atoms with van der Waals surface area (Å²) in [6.45, 7) is 15.5. The Kier molecular flexibility index (Phi) is 12.3. The lowest BCUT2D eigenvalue weighted by Gasteiger charge is -2.37. The van der Waals surface area contributed by atoms with Gasteiger partial charge in [0.2, 0.25) is 0 Å². The second-order valence-corrected chi connectivity index (χ2v) is 8.84. The SMILES string of the molecule is C=C(C)Oc1cccc(Cl)c1.C=C1N(C)C(=S)C(C)=C(C)N1C.CCc1cccc(SF)c1. The van der Waals surface area contributed by atoms with Gasteiger partial charge in [0.15, 0.2) is 0 Å². The Morgan fingerprint density at radius 3 is 2.30 bits per heavy atom. The van der Waals surface area contributed by atoms with E-state index >= 15 is 0 Å². The zero-order chi connectivity index (χ0) is 25.1. The molecule has 0 aliphatic carbocycles. The van der Waals surface area contributed by atoms with Crippen molar-refractivity contribution >= 4 is 41.0 Å². The van der Waals surface area contributed by atoms with Gasteiger partial charge >= 0.3 is 0 Å². The van der Waals surface area contributed by atoms with Crippen molar-refractivity contribution in [1.82, 2.24) is 9.80 Å². The van der Waals surface area contributed by atoms with Crippen LogP contribution in [0.3, 0.4) is 0 Å². The average molecular weight is 507 g/mol. The number of aryl methyl sites for hydroxylation is 1. The van der Waals surface area contributed by atoms with Gasteiger partial charge in [0.1, 0.15) is 16.6 Å². The molecule has 178 valence electrons. The number of benzene rings is 2. The Balaban J connectivity index is 0.000000249. The molecule has 0 radical (unpaired) electrons. The highest BCUT2D eigenvalue weighted by Crippen LogP contribution is 2.24. The van der Waals surface area contributed by atoms with E-state index in [-0.39, 0.29) is 0 Å². The number of likely N-dealkylation sites (N-methyl/N-ethyl adjacent to an activating group) is 1. The zero-order valence-corrected chi connectivity index (χ0v) is 22.5.